The fourth-order valence-electron chi connectivity index (χ4n) is 4.26. The molecule has 3 amide bonds. The number of primary amides is 1. The number of oxime groups is 1. The molecular weight excluding hydrogens is 501 g/mol. The smallest absolute Gasteiger partial charge is 0.378 e. The molecule has 0 aromatic carbocycles. The largest absolute Gasteiger partial charge is 0.539 e. The van der Waals surface area contributed by atoms with Crippen molar-refractivity contribution in [2.75, 3.05) is 18.9 Å². The van der Waals surface area contributed by atoms with Gasteiger partial charge in [0.05, 0.1) is 29.3 Å². The number of carbonyl (C=O) groups excluding carboxylic acids is 5. The van der Waals surface area contributed by atoms with Crippen LogP contribution < -0.4 is 11.1 Å². The molecule has 3 N–H and O–H groups in total. The molecule has 3 fully saturated rings. The van der Waals surface area contributed by atoms with Crippen molar-refractivity contribution in [1.29, 1.82) is 0 Å². The van der Waals surface area contributed by atoms with E-state index in [1.807, 2.05) is 0 Å². The van der Waals surface area contributed by atoms with E-state index in [4.69, 9.17) is 23.4 Å². The maximum absolute atomic E-state index is 13.2. The number of ether oxygens (including phenoxy) is 1. The molecule has 16 heteroatoms. The standard InChI is InChI=1S/C19H20BN5O8S2/c1-8-23-11(7-34-8)14(24-31-3-2-22-18(21)30)12(26)5-10-15(28)25-16(10)35-6-9-4-13(27)32-19(9,25)17(29)33-20/h7,9-10,16H,2-6H2,1H3,(H3,21,22,30)/b24-14-/t9-,10+,16+,19+/m0/s1. The molecule has 1 aromatic heterocycles. The number of nitrogens with two attached hydrogens (primary N) is 1. The number of thioether (sulfide) groups is 1. The molecule has 0 spiro atoms. The number of β-lactam (4-membered cyclic amide) rings is 1. The number of aromatic nitrogens is 1. The molecule has 3 aliphatic rings. The lowest BCUT2D eigenvalue weighted by molar-refractivity contribution is -0.217. The van der Waals surface area contributed by atoms with Crippen LogP contribution in [0.5, 0.6) is 0 Å². The Morgan fingerprint density at radius 3 is 2.86 bits per heavy atom. The normalized spacial score (nSPS) is 27.3. The van der Waals surface area contributed by atoms with Gasteiger partial charge in [-0.25, -0.2) is 14.6 Å². The number of fused-ring (bicyclic) bond motifs is 3. The number of ketones is 1. The number of aryl methyl sites for hydroxylation is 1. The summed E-state index contributed by atoms with van der Waals surface area (Å²) < 4.78 is 9.67. The summed E-state index contributed by atoms with van der Waals surface area (Å²) in [5.41, 5.74) is 3.28. The van der Waals surface area contributed by atoms with Gasteiger partial charge < -0.3 is 25.3 Å². The molecule has 0 unspecified atom stereocenters. The van der Waals surface area contributed by atoms with E-state index >= 15 is 0 Å². The molecule has 184 valence electrons. The summed E-state index contributed by atoms with van der Waals surface area (Å²) in [6.07, 6.45) is -0.290. The molecule has 35 heavy (non-hydrogen) atoms. The van der Waals surface area contributed by atoms with Crippen LogP contribution >= 0.6 is 23.1 Å². The zero-order chi connectivity index (χ0) is 25.3. The van der Waals surface area contributed by atoms with E-state index in [1.54, 1.807) is 12.3 Å². The van der Waals surface area contributed by atoms with Gasteiger partial charge in [-0.15, -0.1) is 23.1 Å². The van der Waals surface area contributed by atoms with Crippen molar-refractivity contribution in [3.05, 3.63) is 16.1 Å². The highest BCUT2D eigenvalue weighted by molar-refractivity contribution is 8.00. The number of Topliss-reactive ketones (excluding diaryl/α,β-unsaturated/α-hetero) is 1. The van der Waals surface area contributed by atoms with Gasteiger partial charge in [0.25, 0.3) is 5.72 Å². The Morgan fingerprint density at radius 2 is 2.20 bits per heavy atom. The lowest BCUT2D eigenvalue weighted by atomic mass is 9.84. The number of rotatable bonds is 9. The van der Waals surface area contributed by atoms with Crippen molar-refractivity contribution in [2.24, 2.45) is 22.7 Å². The minimum atomic E-state index is -1.92. The molecule has 13 nitrogen and oxygen atoms in total. The monoisotopic (exact) mass is 521 g/mol. The van der Waals surface area contributed by atoms with Crippen LogP contribution in [0.15, 0.2) is 10.5 Å². The number of urea groups is 1. The highest BCUT2D eigenvalue weighted by Gasteiger charge is 2.71. The van der Waals surface area contributed by atoms with Gasteiger partial charge in [-0.3, -0.25) is 19.3 Å². The topological polar surface area (TPSA) is 180 Å². The average Bonchev–Trinajstić information content (AvgIpc) is 3.40. The Morgan fingerprint density at radius 1 is 1.43 bits per heavy atom. The fraction of sp³-hybridized carbons (Fsp3) is 0.526. The maximum atomic E-state index is 13.2. The van der Waals surface area contributed by atoms with E-state index in [9.17, 15) is 24.0 Å². The van der Waals surface area contributed by atoms with E-state index in [2.05, 4.69) is 20.1 Å². The first-order valence-corrected chi connectivity index (χ1v) is 12.4. The van der Waals surface area contributed by atoms with Gasteiger partial charge in [0.15, 0.2) is 11.5 Å². The molecule has 4 atom stereocenters. The maximum Gasteiger partial charge on any atom is 0.378 e. The first-order chi connectivity index (χ1) is 16.7. The first-order valence-electron chi connectivity index (χ1n) is 10.5. The van der Waals surface area contributed by atoms with Crippen LogP contribution in [0, 0.1) is 18.8 Å². The van der Waals surface area contributed by atoms with Crippen molar-refractivity contribution in [1.82, 2.24) is 15.2 Å². The number of hydrogen-bond acceptors (Lipinski definition) is 12. The Kier molecular flexibility index (Phi) is 7.03. The number of nitrogens with zero attached hydrogens (tertiary/aromatic N) is 3. The second-order valence-electron chi connectivity index (χ2n) is 7.96. The molecule has 1 aromatic rings. The van der Waals surface area contributed by atoms with Crippen molar-refractivity contribution in [3.63, 3.8) is 0 Å². The summed E-state index contributed by atoms with van der Waals surface area (Å²) in [5, 5.41) is 7.95. The van der Waals surface area contributed by atoms with Gasteiger partial charge in [0.2, 0.25) is 5.91 Å². The molecule has 0 bridgehead atoms. The van der Waals surface area contributed by atoms with Crippen molar-refractivity contribution in [3.8, 4) is 0 Å². The fourth-order valence-corrected chi connectivity index (χ4v) is 6.48. The number of carbonyl (C=O) groups is 5. The lowest BCUT2D eigenvalue weighted by Gasteiger charge is -2.57. The second-order valence-corrected chi connectivity index (χ2v) is 10.2. The first kappa shape index (κ1) is 25.0. The number of esters is 1. The summed E-state index contributed by atoms with van der Waals surface area (Å²) >= 11 is 2.65. The lowest BCUT2D eigenvalue weighted by Crippen LogP contribution is -2.75. The molecule has 3 saturated heterocycles. The molecule has 0 aliphatic carbocycles. The second kappa shape index (κ2) is 9.85. The van der Waals surface area contributed by atoms with Gasteiger partial charge in [0.1, 0.15) is 12.3 Å². The van der Waals surface area contributed by atoms with Crippen molar-refractivity contribution in [2.45, 2.75) is 30.9 Å². The molecule has 0 saturated carbocycles. The van der Waals surface area contributed by atoms with Crippen LogP contribution in [0.1, 0.15) is 23.5 Å². The third-order valence-corrected chi connectivity index (χ3v) is 8.04. The zero-order valence-corrected chi connectivity index (χ0v) is 20.1. The predicted octanol–water partition coefficient (Wildman–Crippen LogP) is -0.783. The van der Waals surface area contributed by atoms with E-state index in [0.717, 1.165) is 4.90 Å². The van der Waals surface area contributed by atoms with Crippen LogP contribution in [-0.4, -0.2) is 83.3 Å². The zero-order valence-electron chi connectivity index (χ0n) is 18.4. The quantitative estimate of drug-likeness (QED) is 0.105. The van der Waals surface area contributed by atoms with Gasteiger partial charge in [-0.1, -0.05) is 5.16 Å². The average molecular weight is 521 g/mol. The minimum absolute atomic E-state index is 0.0477. The Labute approximate surface area is 208 Å². The van der Waals surface area contributed by atoms with Crippen LogP contribution in [0.3, 0.4) is 0 Å². The SMILES string of the molecule is [B]OC(=O)[C@]12OC(=O)C[C@H]1CS[C@@H]1[C@H](CC(=O)/C(=N\OCCNC(N)=O)c3csc(C)n3)C(=O)N12. The van der Waals surface area contributed by atoms with Gasteiger partial charge in [-0.05, 0) is 6.92 Å². The molecule has 2 radical (unpaired) electrons. The van der Waals surface area contributed by atoms with Crippen LogP contribution in [0.25, 0.3) is 0 Å². The number of amides is 3. The van der Waals surface area contributed by atoms with Crippen molar-refractivity contribution >= 4 is 66.5 Å². The highest BCUT2D eigenvalue weighted by Crippen LogP contribution is 2.54. The number of nitrogens with one attached hydrogen (secondary N) is 1. The molecule has 3 aliphatic heterocycles. The third kappa shape index (κ3) is 4.47. The van der Waals surface area contributed by atoms with Crippen LogP contribution in [0.2, 0.25) is 0 Å². The van der Waals surface area contributed by atoms with Crippen molar-refractivity contribution < 1.29 is 38.2 Å². The Balaban J connectivity index is 1.50. The van der Waals surface area contributed by atoms with E-state index < -0.39 is 52.6 Å². The number of hydrogen-bond donors (Lipinski definition) is 2. The third-order valence-electron chi connectivity index (χ3n) is 5.79. The highest BCUT2D eigenvalue weighted by atomic mass is 32.2. The van der Waals surface area contributed by atoms with Crippen LogP contribution in [0.4, 0.5) is 4.79 Å². The number of thiazole rings is 1. The summed E-state index contributed by atoms with van der Waals surface area (Å²) in [4.78, 5) is 72.1. The van der Waals surface area contributed by atoms with E-state index in [0.29, 0.717) is 10.8 Å². The van der Waals surface area contributed by atoms with Gasteiger partial charge in [0, 0.05) is 23.5 Å². The van der Waals surface area contributed by atoms with E-state index in [-0.39, 0.29) is 37.4 Å². The van der Waals surface area contributed by atoms with E-state index in [1.165, 1.54) is 23.1 Å². The van der Waals surface area contributed by atoms with Gasteiger partial charge in [-0.2, -0.15) is 0 Å². The molecular formula is C19H20BN5O8S2. The summed E-state index contributed by atoms with van der Waals surface area (Å²) in [6, 6.07) is -0.728. The predicted molar refractivity (Wildman–Crippen MR) is 122 cm³/mol. The Bertz CT molecular complexity index is 1110. The van der Waals surface area contributed by atoms with Crippen LogP contribution in [-0.2, 0) is 33.4 Å². The summed E-state index contributed by atoms with van der Waals surface area (Å²) in [6.45, 7) is 1.79. The van der Waals surface area contributed by atoms with Gasteiger partial charge >= 0.3 is 26.0 Å². The summed E-state index contributed by atoms with van der Waals surface area (Å²) in [5.74, 6) is -3.77. The molecule has 4 heterocycles. The Hall–Kier alpha value is -3.14. The molecule has 4 rings (SSSR count). The minimum Gasteiger partial charge on any atom is -0.539 e. The summed E-state index contributed by atoms with van der Waals surface area (Å²) in [7, 11) is 5.08.